The highest BCUT2D eigenvalue weighted by Gasteiger charge is 2.04. The van der Waals surface area contributed by atoms with Crippen LogP contribution in [0.25, 0.3) is 0 Å². The van der Waals surface area contributed by atoms with Gasteiger partial charge in [-0.25, -0.2) is 13.8 Å². The van der Waals surface area contributed by atoms with Crippen LogP contribution in [0.1, 0.15) is 5.56 Å². The lowest BCUT2D eigenvalue weighted by atomic mass is 10.2. The van der Waals surface area contributed by atoms with Gasteiger partial charge in [0.15, 0.2) is 0 Å². The smallest absolute Gasteiger partial charge is 0.214 e. The molecule has 5 heteroatoms. The first-order valence-corrected chi connectivity index (χ1v) is 4.95. The van der Waals surface area contributed by atoms with Crippen LogP contribution in [0.4, 0.5) is 19.0 Å². The molecule has 0 aliphatic heterocycles. The molecular weight excluding hydrogens is 229 g/mol. The van der Waals surface area contributed by atoms with Crippen molar-refractivity contribution in [1.29, 1.82) is 0 Å². The summed E-state index contributed by atoms with van der Waals surface area (Å²) in [4.78, 5) is 3.56. The van der Waals surface area contributed by atoms with Crippen LogP contribution in [0.3, 0.4) is 0 Å². The van der Waals surface area contributed by atoms with Gasteiger partial charge in [-0.1, -0.05) is 12.1 Å². The van der Waals surface area contributed by atoms with Crippen molar-refractivity contribution in [3.63, 3.8) is 0 Å². The monoisotopic (exact) mass is 238 g/mol. The Hall–Kier alpha value is -2.04. The molecule has 0 aliphatic rings. The fourth-order valence-corrected chi connectivity index (χ4v) is 1.36. The number of nitrogens with zero attached hydrogens (tertiary/aromatic N) is 1. The topological polar surface area (TPSA) is 24.9 Å². The third kappa shape index (κ3) is 2.96. The van der Waals surface area contributed by atoms with Crippen molar-refractivity contribution in [2.45, 2.75) is 6.54 Å². The summed E-state index contributed by atoms with van der Waals surface area (Å²) in [5.41, 5.74) is 0.289. The standard InChI is InChI=1S/C12H9F3N2/c13-9-5-4-8(10(14)6-9)7-16-12-3-1-2-11(15)17-12/h1-6H,7H2,(H,16,17). The SMILES string of the molecule is Fc1ccc(CNc2cccc(F)n2)c(F)c1. The maximum Gasteiger partial charge on any atom is 0.214 e. The van der Waals surface area contributed by atoms with Gasteiger partial charge in [0.05, 0.1) is 0 Å². The van der Waals surface area contributed by atoms with Crippen molar-refractivity contribution in [3.8, 4) is 0 Å². The lowest BCUT2D eigenvalue weighted by molar-refractivity contribution is 0.573. The molecule has 0 bridgehead atoms. The summed E-state index contributed by atoms with van der Waals surface area (Å²) in [6.07, 6.45) is 0. The third-order valence-corrected chi connectivity index (χ3v) is 2.19. The highest BCUT2D eigenvalue weighted by Crippen LogP contribution is 2.12. The van der Waals surface area contributed by atoms with Gasteiger partial charge >= 0.3 is 0 Å². The van der Waals surface area contributed by atoms with Crippen molar-refractivity contribution in [2.24, 2.45) is 0 Å². The van der Waals surface area contributed by atoms with Crippen molar-refractivity contribution in [1.82, 2.24) is 4.98 Å². The van der Waals surface area contributed by atoms with E-state index in [4.69, 9.17) is 0 Å². The van der Waals surface area contributed by atoms with Crippen molar-refractivity contribution < 1.29 is 13.2 Å². The number of benzene rings is 1. The Morgan fingerprint density at radius 3 is 2.59 bits per heavy atom. The molecule has 2 aromatic rings. The molecule has 1 aromatic heterocycles. The number of pyridine rings is 1. The maximum absolute atomic E-state index is 13.3. The Labute approximate surface area is 96.1 Å². The normalized spacial score (nSPS) is 10.3. The molecule has 0 spiro atoms. The minimum absolute atomic E-state index is 0.114. The molecule has 1 aromatic carbocycles. The second-order valence-corrected chi connectivity index (χ2v) is 3.43. The van der Waals surface area contributed by atoms with E-state index in [1.165, 1.54) is 24.3 Å². The number of rotatable bonds is 3. The maximum atomic E-state index is 13.3. The lowest BCUT2D eigenvalue weighted by Gasteiger charge is -2.06. The zero-order valence-electron chi connectivity index (χ0n) is 8.75. The molecule has 0 saturated heterocycles. The molecule has 0 amide bonds. The van der Waals surface area contributed by atoms with Gasteiger partial charge in [-0.05, 0) is 18.2 Å². The van der Waals surface area contributed by atoms with Gasteiger partial charge in [0.1, 0.15) is 17.5 Å². The number of nitrogens with one attached hydrogen (secondary N) is 1. The fraction of sp³-hybridized carbons (Fsp3) is 0.0833. The number of halogens is 3. The molecule has 2 rings (SSSR count). The summed E-state index contributed by atoms with van der Waals surface area (Å²) < 4.78 is 38.6. The average molecular weight is 238 g/mol. The van der Waals surface area contributed by atoms with Crippen LogP contribution in [0.5, 0.6) is 0 Å². The second-order valence-electron chi connectivity index (χ2n) is 3.43. The summed E-state index contributed by atoms with van der Waals surface area (Å²) in [5, 5.41) is 2.75. The second kappa shape index (κ2) is 4.86. The predicted molar refractivity (Wildman–Crippen MR) is 57.9 cm³/mol. The van der Waals surface area contributed by atoms with Crippen LogP contribution >= 0.6 is 0 Å². The van der Waals surface area contributed by atoms with Gasteiger partial charge in [0.2, 0.25) is 5.95 Å². The molecule has 88 valence electrons. The molecule has 0 radical (unpaired) electrons. The number of aromatic nitrogens is 1. The van der Waals surface area contributed by atoms with Crippen LogP contribution in [-0.4, -0.2) is 4.98 Å². The number of anilines is 1. The Morgan fingerprint density at radius 1 is 1.06 bits per heavy atom. The van der Waals surface area contributed by atoms with Crippen molar-refractivity contribution >= 4 is 5.82 Å². The molecule has 0 fully saturated rings. The molecule has 2 nitrogen and oxygen atoms in total. The fourth-order valence-electron chi connectivity index (χ4n) is 1.36. The van der Waals surface area contributed by atoms with Crippen LogP contribution in [-0.2, 0) is 6.54 Å². The van der Waals surface area contributed by atoms with Gasteiger partial charge < -0.3 is 5.32 Å². The van der Waals surface area contributed by atoms with E-state index in [0.717, 1.165) is 6.07 Å². The van der Waals surface area contributed by atoms with E-state index in [1.807, 2.05) is 0 Å². The van der Waals surface area contributed by atoms with Gasteiger partial charge in [-0.2, -0.15) is 4.39 Å². The molecule has 0 saturated carbocycles. The van der Waals surface area contributed by atoms with Crippen LogP contribution < -0.4 is 5.32 Å². The molecule has 1 N–H and O–H groups in total. The summed E-state index contributed by atoms with van der Waals surface area (Å²) in [5.74, 6) is -1.59. The molecule has 0 atom stereocenters. The summed E-state index contributed by atoms with van der Waals surface area (Å²) in [6, 6.07) is 7.56. The number of hydrogen-bond donors (Lipinski definition) is 1. The lowest BCUT2D eigenvalue weighted by Crippen LogP contribution is -2.04. The van der Waals surface area contributed by atoms with E-state index in [1.54, 1.807) is 6.07 Å². The van der Waals surface area contributed by atoms with Crippen LogP contribution in [0.15, 0.2) is 36.4 Å². The Balaban J connectivity index is 2.07. The number of hydrogen-bond acceptors (Lipinski definition) is 2. The quantitative estimate of drug-likeness (QED) is 0.831. The first kappa shape index (κ1) is 11.4. The third-order valence-electron chi connectivity index (χ3n) is 2.19. The Kier molecular flexibility index (Phi) is 3.27. The van der Waals surface area contributed by atoms with Crippen LogP contribution in [0.2, 0.25) is 0 Å². The molecule has 1 heterocycles. The highest BCUT2D eigenvalue weighted by molar-refractivity contribution is 5.35. The Morgan fingerprint density at radius 2 is 1.88 bits per heavy atom. The van der Waals surface area contributed by atoms with Crippen LogP contribution in [0, 0.1) is 17.6 Å². The average Bonchev–Trinajstić information content (AvgIpc) is 2.28. The first-order valence-electron chi connectivity index (χ1n) is 4.95. The van der Waals surface area contributed by atoms with E-state index in [0.29, 0.717) is 5.82 Å². The van der Waals surface area contributed by atoms with Gasteiger partial charge in [0.25, 0.3) is 0 Å². The van der Waals surface area contributed by atoms with E-state index in [2.05, 4.69) is 10.3 Å². The minimum atomic E-state index is -0.645. The van der Waals surface area contributed by atoms with E-state index < -0.39 is 17.6 Å². The van der Waals surface area contributed by atoms with Gasteiger partial charge in [0, 0.05) is 18.2 Å². The van der Waals surface area contributed by atoms with Crippen molar-refractivity contribution in [3.05, 3.63) is 59.5 Å². The van der Waals surface area contributed by atoms with E-state index in [-0.39, 0.29) is 12.1 Å². The molecular formula is C12H9F3N2. The molecule has 0 unspecified atom stereocenters. The first-order chi connectivity index (χ1) is 8.15. The molecule has 0 aliphatic carbocycles. The van der Waals surface area contributed by atoms with Gasteiger partial charge in [-0.3, -0.25) is 0 Å². The summed E-state index contributed by atoms with van der Waals surface area (Å²) >= 11 is 0. The van der Waals surface area contributed by atoms with Crippen molar-refractivity contribution in [2.75, 3.05) is 5.32 Å². The molecule has 17 heavy (non-hydrogen) atoms. The summed E-state index contributed by atoms with van der Waals surface area (Å²) in [6.45, 7) is 0.114. The predicted octanol–water partition coefficient (Wildman–Crippen LogP) is 3.11. The Bertz CT molecular complexity index is 529. The minimum Gasteiger partial charge on any atom is -0.366 e. The zero-order valence-corrected chi connectivity index (χ0v) is 8.75. The van der Waals surface area contributed by atoms with E-state index in [9.17, 15) is 13.2 Å². The largest absolute Gasteiger partial charge is 0.366 e. The summed E-state index contributed by atoms with van der Waals surface area (Å²) in [7, 11) is 0. The zero-order chi connectivity index (χ0) is 12.3. The van der Waals surface area contributed by atoms with E-state index >= 15 is 0 Å². The highest BCUT2D eigenvalue weighted by atomic mass is 19.1. The van der Waals surface area contributed by atoms with Gasteiger partial charge in [-0.15, -0.1) is 0 Å².